The van der Waals surface area contributed by atoms with Gasteiger partial charge in [-0.1, -0.05) is 12.1 Å². The van der Waals surface area contributed by atoms with Gasteiger partial charge >= 0.3 is 0 Å². The van der Waals surface area contributed by atoms with E-state index >= 15 is 0 Å². The van der Waals surface area contributed by atoms with Crippen molar-refractivity contribution in [1.29, 1.82) is 0 Å². The van der Waals surface area contributed by atoms with E-state index in [0.717, 1.165) is 16.9 Å². The Balaban J connectivity index is 2.80. The van der Waals surface area contributed by atoms with E-state index in [4.69, 9.17) is 4.74 Å². The van der Waals surface area contributed by atoms with Crippen molar-refractivity contribution in [1.82, 2.24) is 0 Å². The number of rotatable bonds is 4. The lowest BCUT2D eigenvalue weighted by Crippen LogP contribution is -2.56. The van der Waals surface area contributed by atoms with Crippen LogP contribution >= 0.6 is 0 Å². The van der Waals surface area contributed by atoms with Crippen molar-refractivity contribution in [2.24, 2.45) is 0 Å². The highest BCUT2D eigenvalue weighted by atomic mass is 16.5. The molecule has 0 saturated heterocycles. The van der Waals surface area contributed by atoms with E-state index in [9.17, 15) is 5.11 Å². The number of aryl methyl sites for hydroxylation is 2. The van der Waals surface area contributed by atoms with E-state index in [1.807, 2.05) is 19.9 Å². The molecule has 0 unspecified atom stereocenters. The van der Waals surface area contributed by atoms with Gasteiger partial charge in [-0.25, -0.2) is 0 Å². The summed E-state index contributed by atoms with van der Waals surface area (Å²) in [5.41, 5.74) is 7.09. The Morgan fingerprint density at radius 3 is 2.47 bits per heavy atom. The minimum Gasteiger partial charge on any atom is -0.490 e. The third-order valence-electron chi connectivity index (χ3n) is 2.63. The highest BCUT2D eigenvalue weighted by Gasteiger charge is 2.09. The summed E-state index contributed by atoms with van der Waals surface area (Å²) in [5.74, 6) is 0.891. The van der Waals surface area contributed by atoms with Crippen LogP contribution in [0.1, 0.15) is 16.7 Å². The van der Waals surface area contributed by atoms with Crippen LogP contribution in [0.25, 0.3) is 0 Å². The summed E-state index contributed by atoms with van der Waals surface area (Å²) in [6, 6.07) is 4.11. The molecule has 15 heavy (non-hydrogen) atoms. The van der Waals surface area contributed by atoms with Gasteiger partial charge in [-0.05, 0) is 37.5 Å². The van der Waals surface area contributed by atoms with Crippen molar-refractivity contribution < 1.29 is 15.6 Å². The van der Waals surface area contributed by atoms with Crippen LogP contribution in [0, 0.1) is 20.8 Å². The van der Waals surface area contributed by atoms with Crippen molar-refractivity contribution in [3.05, 3.63) is 28.8 Å². The van der Waals surface area contributed by atoms with Crippen LogP contribution in [0.5, 0.6) is 5.75 Å². The molecule has 0 spiro atoms. The SMILES string of the molecule is Cc1ccc(C)c(OC[C@H](O)C[NH3+])c1C. The lowest BCUT2D eigenvalue weighted by Gasteiger charge is -2.15. The predicted molar refractivity (Wildman–Crippen MR) is 59.9 cm³/mol. The van der Waals surface area contributed by atoms with Gasteiger partial charge < -0.3 is 15.6 Å². The van der Waals surface area contributed by atoms with Crippen molar-refractivity contribution >= 4 is 0 Å². The third-order valence-corrected chi connectivity index (χ3v) is 2.63. The van der Waals surface area contributed by atoms with Crippen molar-refractivity contribution in [3.63, 3.8) is 0 Å². The fourth-order valence-corrected chi connectivity index (χ4v) is 1.41. The minimum absolute atomic E-state index is 0.314. The second kappa shape index (κ2) is 5.14. The lowest BCUT2D eigenvalue weighted by atomic mass is 10.1. The maximum atomic E-state index is 9.38. The van der Waals surface area contributed by atoms with Gasteiger partial charge in [-0.3, -0.25) is 0 Å². The maximum absolute atomic E-state index is 9.38. The van der Waals surface area contributed by atoms with Crippen LogP contribution in [0.4, 0.5) is 0 Å². The number of hydrogen-bond acceptors (Lipinski definition) is 2. The van der Waals surface area contributed by atoms with E-state index in [0.29, 0.717) is 13.2 Å². The van der Waals surface area contributed by atoms with Crippen LogP contribution in [0.3, 0.4) is 0 Å². The molecule has 0 aliphatic rings. The first-order chi connectivity index (χ1) is 7.06. The first-order valence-corrected chi connectivity index (χ1v) is 5.23. The smallest absolute Gasteiger partial charge is 0.136 e. The summed E-state index contributed by atoms with van der Waals surface area (Å²) in [7, 11) is 0. The zero-order chi connectivity index (χ0) is 11.4. The van der Waals surface area contributed by atoms with E-state index < -0.39 is 6.10 Å². The molecular weight excluding hydrogens is 190 g/mol. The fraction of sp³-hybridized carbons (Fsp3) is 0.500. The number of hydrogen-bond donors (Lipinski definition) is 2. The van der Waals surface area contributed by atoms with E-state index in [1.165, 1.54) is 5.56 Å². The quantitative estimate of drug-likeness (QED) is 0.764. The van der Waals surface area contributed by atoms with E-state index in [-0.39, 0.29) is 0 Å². The normalized spacial score (nSPS) is 12.6. The second-order valence-corrected chi connectivity index (χ2v) is 3.91. The minimum atomic E-state index is -0.482. The predicted octanol–water partition coefficient (Wildman–Crippen LogP) is 0.593. The Morgan fingerprint density at radius 1 is 1.27 bits per heavy atom. The molecule has 0 fully saturated rings. The second-order valence-electron chi connectivity index (χ2n) is 3.91. The lowest BCUT2D eigenvalue weighted by molar-refractivity contribution is -0.384. The van der Waals surface area contributed by atoms with Crippen LogP contribution in [-0.2, 0) is 0 Å². The number of aliphatic hydroxyl groups excluding tert-OH is 1. The Labute approximate surface area is 90.9 Å². The Bertz CT molecular complexity index is 337. The summed E-state index contributed by atoms with van der Waals surface area (Å²) in [6.45, 7) is 6.89. The summed E-state index contributed by atoms with van der Waals surface area (Å²) in [4.78, 5) is 0. The molecule has 0 aliphatic heterocycles. The van der Waals surface area contributed by atoms with E-state index in [2.05, 4.69) is 18.7 Å². The first-order valence-electron chi connectivity index (χ1n) is 5.23. The highest BCUT2D eigenvalue weighted by Crippen LogP contribution is 2.25. The molecule has 0 aliphatic carbocycles. The first kappa shape index (κ1) is 12.0. The molecule has 1 atom stereocenters. The zero-order valence-corrected chi connectivity index (χ0v) is 9.71. The Kier molecular flexibility index (Phi) is 4.12. The van der Waals surface area contributed by atoms with Crippen LogP contribution in [0.15, 0.2) is 12.1 Å². The van der Waals surface area contributed by atoms with Crippen molar-refractivity contribution in [2.45, 2.75) is 26.9 Å². The Hall–Kier alpha value is -1.06. The third kappa shape index (κ3) is 2.94. The molecule has 3 nitrogen and oxygen atoms in total. The summed E-state index contributed by atoms with van der Waals surface area (Å²) >= 11 is 0. The monoisotopic (exact) mass is 210 g/mol. The van der Waals surface area contributed by atoms with Crippen molar-refractivity contribution in [2.75, 3.05) is 13.2 Å². The van der Waals surface area contributed by atoms with E-state index in [1.54, 1.807) is 0 Å². The molecule has 3 heteroatoms. The highest BCUT2D eigenvalue weighted by molar-refractivity contribution is 5.44. The molecular formula is C12H20NO2+. The topological polar surface area (TPSA) is 57.1 Å². The molecule has 1 aromatic carbocycles. The number of quaternary nitrogens is 1. The number of benzene rings is 1. The molecule has 1 rings (SSSR count). The molecule has 4 N–H and O–H groups in total. The molecule has 0 saturated carbocycles. The fourth-order valence-electron chi connectivity index (χ4n) is 1.41. The summed E-state index contributed by atoms with van der Waals surface area (Å²) < 4.78 is 5.61. The number of ether oxygens (including phenoxy) is 1. The molecule has 0 aromatic heterocycles. The number of aliphatic hydroxyl groups is 1. The van der Waals surface area contributed by atoms with Gasteiger partial charge in [0.2, 0.25) is 0 Å². The average molecular weight is 210 g/mol. The zero-order valence-electron chi connectivity index (χ0n) is 9.71. The average Bonchev–Trinajstić information content (AvgIpc) is 2.23. The molecule has 84 valence electrons. The van der Waals surface area contributed by atoms with Gasteiger partial charge in [-0.15, -0.1) is 0 Å². The molecule has 0 radical (unpaired) electrons. The Morgan fingerprint density at radius 2 is 1.87 bits per heavy atom. The van der Waals surface area contributed by atoms with Gasteiger partial charge in [0.1, 0.15) is 25.0 Å². The molecule has 0 amide bonds. The standard InChI is InChI=1S/C12H19NO2/c1-8-4-5-9(2)12(10(8)3)15-7-11(14)6-13/h4-5,11,14H,6-7,13H2,1-3H3/p+1/t11-/m1/s1. The molecule has 0 bridgehead atoms. The summed E-state index contributed by atoms with van der Waals surface area (Å²) in [6.07, 6.45) is -0.482. The van der Waals surface area contributed by atoms with Gasteiger partial charge in [0.05, 0.1) is 0 Å². The van der Waals surface area contributed by atoms with Gasteiger partial charge in [0.15, 0.2) is 0 Å². The summed E-state index contributed by atoms with van der Waals surface area (Å²) in [5, 5.41) is 9.38. The van der Waals surface area contributed by atoms with Gasteiger partial charge in [-0.2, -0.15) is 0 Å². The molecule has 0 heterocycles. The maximum Gasteiger partial charge on any atom is 0.136 e. The van der Waals surface area contributed by atoms with Crippen LogP contribution in [-0.4, -0.2) is 24.4 Å². The largest absolute Gasteiger partial charge is 0.490 e. The molecule has 1 aromatic rings. The van der Waals surface area contributed by atoms with Gasteiger partial charge in [0.25, 0.3) is 0 Å². The van der Waals surface area contributed by atoms with Crippen molar-refractivity contribution in [3.8, 4) is 5.75 Å². The van der Waals surface area contributed by atoms with Gasteiger partial charge in [0, 0.05) is 0 Å². The van der Waals surface area contributed by atoms with Crippen LogP contribution < -0.4 is 10.5 Å². The van der Waals surface area contributed by atoms with Crippen LogP contribution in [0.2, 0.25) is 0 Å².